The van der Waals surface area contributed by atoms with E-state index in [1.807, 2.05) is 47.2 Å². The summed E-state index contributed by atoms with van der Waals surface area (Å²) in [5.74, 6) is 0. The van der Waals surface area contributed by atoms with Gasteiger partial charge in [-0.3, -0.25) is 4.79 Å². The highest BCUT2D eigenvalue weighted by Crippen LogP contribution is 2.41. The maximum atomic E-state index is 11.5. The Hall–Kier alpha value is -3.82. The topological polar surface area (TPSA) is 106 Å². The van der Waals surface area contributed by atoms with E-state index in [1.165, 1.54) is 0 Å². The number of carbonyl (C=O) groups excluding carboxylic acids is 1. The van der Waals surface area contributed by atoms with Crippen molar-refractivity contribution in [2.24, 2.45) is 0 Å². The molecule has 0 spiro atoms. The number of hydrogen-bond donors (Lipinski definition) is 2. The molecule has 1 aliphatic rings. The summed E-state index contributed by atoms with van der Waals surface area (Å²) in [5, 5.41) is 13.0. The first-order valence-electron chi connectivity index (χ1n) is 13.2. The maximum absolute atomic E-state index is 11.5. The molecular weight excluding hydrogens is 508 g/mol. The Morgan fingerprint density at radius 2 is 1.95 bits per heavy atom. The van der Waals surface area contributed by atoms with Gasteiger partial charge in [-0.25, -0.2) is 14.8 Å². The molecule has 4 aromatic rings. The number of hydrogen-bond acceptors (Lipinski definition) is 5. The summed E-state index contributed by atoms with van der Waals surface area (Å²) < 4.78 is 7.97. The maximum Gasteiger partial charge on any atom is 0.404 e. The third-order valence-electron chi connectivity index (χ3n) is 7.53. The fourth-order valence-corrected chi connectivity index (χ4v) is 6.16. The standard InChI is InChI=1S/C30H34N4O4Si/c1-39(2,3)12-11-38-20-34-10-9-26-27(32-19-33-28(26)34)22-5-4-6-25(14-22)30(18-31-29(36)37)15-23-8-7-21(17-35)13-24(23)16-30/h4-10,13-14,17,19,31H,11-12,15-16,18,20H2,1-3H3,(H,36,37). The first kappa shape index (κ1) is 26.8. The monoisotopic (exact) mass is 542 g/mol. The van der Waals surface area contributed by atoms with Crippen LogP contribution in [0, 0.1) is 0 Å². The van der Waals surface area contributed by atoms with Gasteiger partial charge >= 0.3 is 6.09 Å². The molecule has 1 atom stereocenters. The fourth-order valence-electron chi connectivity index (χ4n) is 5.40. The molecule has 0 saturated heterocycles. The van der Waals surface area contributed by atoms with Gasteiger partial charge in [-0.05, 0) is 53.8 Å². The molecule has 9 heteroatoms. The average molecular weight is 543 g/mol. The summed E-state index contributed by atoms with van der Waals surface area (Å²) in [7, 11) is -1.16. The fraction of sp³-hybridized carbons (Fsp3) is 0.333. The minimum atomic E-state index is -1.16. The number of amides is 1. The Morgan fingerprint density at radius 1 is 1.13 bits per heavy atom. The lowest BCUT2D eigenvalue weighted by Gasteiger charge is -2.30. The lowest BCUT2D eigenvalue weighted by Crippen LogP contribution is -2.41. The van der Waals surface area contributed by atoms with Gasteiger partial charge in [-0.1, -0.05) is 50.0 Å². The van der Waals surface area contributed by atoms with Crippen molar-refractivity contribution >= 4 is 31.5 Å². The van der Waals surface area contributed by atoms with E-state index in [1.54, 1.807) is 6.33 Å². The first-order valence-corrected chi connectivity index (χ1v) is 16.9. The van der Waals surface area contributed by atoms with Crippen LogP contribution in [-0.4, -0.2) is 53.2 Å². The molecule has 2 N–H and O–H groups in total. The van der Waals surface area contributed by atoms with Crippen molar-refractivity contribution in [3.63, 3.8) is 0 Å². The molecule has 39 heavy (non-hydrogen) atoms. The van der Waals surface area contributed by atoms with Crippen molar-refractivity contribution < 1.29 is 19.4 Å². The number of carboxylic acid groups (broad SMARTS) is 1. The van der Waals surface area contributed by atoms with Crippen LogP contribution >= 0.6 is 0 Å². The van der Waals surface area contributed by atoms with Crippen molar-refractivity contribution in [2.75, 3.05) is 13.2 Å². The van der Waals surface area contributed by atoms with Crippen LogP contribution in [-0.2, 0) is 29.7 Å². The lowest BCUT2D eigenvalue weighted by atomic mass is 9.77. The predicted molar refractivity (Wildman–Crippen MR) is 154 cm³/mol. The summed E-state index contributed by atoms with van der Waals surface area (Å²) >= 11 is 0. The highest BCUT2D eigenvalue weighted by atomic mass is 28.3. The zero-order valence-electron chi connectivity index (χ0n) is 22.6. The number of rotatable bonds is 10. The minimum absolute atomic E-state index is 0.265. The van der Waals surface area contributed by atoms with Crippen molar-refractivity contribution in [2.45, 2.75) is 50.7 Å². The number of carbonyl (C=O) groups is 2. The number of ether oxygens (including phenoxy) is 1. The third kappa shape index (κ3) is 5.79. The van der Waals surface area contributed by atoms with E-state index in [2.05, 4.69) is 47.1 Å². The lowest BCUT2D eigenvalue weighted by molar-refractivity contribution is 0.0899. The smallest absolute Gasteiger partial charge is 0.404 e. The number of aromatic nitrogens is 3. The van der Waals surface area contributed by atoms with Crippen LogP contribution in [0.4, 0.5) is 4.79 Å². The van der Waals surface area contributed by atoms with Crippen LogP contribution in [0.5, 0.6) is 0 Å². The molecule has 0 saturated carbocycles. The van der Waals surface area contributed by atoms with E-state index in [-0.39, 0.29) is 6.54 Å². The second-order valence-corrected chi connectivity index (χ2v) is 17.2. The normalized spacial score (nSPS) is 16.8. The van der Waals surface area contributed by atoms with E-state index in [0.29, 0.717) is 25.1 Å². The Kier molecular flexibility index (Phi) is 7.37. The van der Waals surface area contributed by atoms with E-state index in [4.69, 9.17) is 4.74 Å². The molecule has 2 aromatic heterocycles. The quantitative estimate of drug-likeness (QED) is 0.155. The Labute approximate surface area is 229 Å². The summed E-state index contributed by atoms with van der Waals surface area (Å²) in [6.07, 6.45) is 4.67. The number of nitrogens with zero attached hydrogens (tertiary/aromatic N) is 3. The molecular formula is C30H34N4O4Si. The van der Waals surface area contributed by atoms with E-state index >= 15 is 0 Å². The molecule has 202 valence electrons. The Morgan fingerprint density at radius 3 is 2.72 bits per heavy atom. The van der Waals surface area contributed by atoms with Gasteiger partial charge in [0.2, 0.25) is 0 Å². The number of fused-ring (bicyclic) bond motifs is 2. The molecule has 0 fully saturated rings. The molecule has 8 nitrogen and oxygen atoms in total. The van der Waals surface area contributed by atoms with Gasteiger partial charge in [-0.2, -0.15) is 0 Å². The zero-order chi connectivity index (χ0) is 27.6. The third-order valence-corrected chi connectivity index (χ3v) is 9.24. The van der Waals surface area contributed by atoms with Crippen LogP contribution < -0.4 is 5.32 Å². The van der Waals surface area contributed by atoms with Crippen LogP contribution in [0.15, 0.2) is 61.1 Å². The van der Waals surface area contributed by atoms with Crippen molar-refractivity contribution in [3.05, 3.63) is 83.3 Å². The number of nitrogens with one attached hydrogen (secondary N) is 1. The van der Waals surface area contributed by atoms with Gasteiger partial charge in [0.1, 0.15) is 25.0 Å². The van der Waals surface area contributed by atoms with Gasteiger partial charge in [0.25, 0.3) is 0 Å². The molecule has 1 aliphatic carbocycles. The Balaban J connectivity index is 1.46. The van der Waals surface area contributed by atoms with Crippen LogP contribution in [0.25, 0.3) is 22.3 Å². The molecule has 0 bridgehead atoms. The highest BCUT2D eigenvalue weighted by Gasteiger charge is 2.39. The van der Waals surface area contributed by atoms with Gasteiger partial charge < -0.3 is 19.7 Å². The summed E-state index contributed by atoms with van der Waals surface area (Å²) in [6.45, 7) is 8.45. The van der Waals surface area contributed by atoms with Crippen LogP contribution in [0.2, 0.25) is 25.7 Å². The van der Waals surface area contributed by atoms with Crippen LogP contribution in [0.1, 0.15) is 27.0 Å². The zero-order valence-corrected chi connectivity index (χ0v) is 23.6. The molecule has 0 aliphatic heterocycles. The molecule has 2 heterocycles. The molecule has 0 radical (unpaired) electrons. The molecule has 5 rings (SSSR count). The molecule has 1 unspecified atom stereocenters. The van der Waals surface area contributed by atoms with Crippen molar-refractivity contribution in [1.82, 2.24) is 19.9 Å². The average Bonchev–Trinajstić information content (AvgIpc) is 3.51. The largest absolute Gasteiger partial charge is 0.465 e. The van der Waals surface area contributed by atoms with Gasteiger partial charge in [0.05, 0.1) is 5.69 Å². The highest BCUT2D eigenvalue weighted by molar-refractivity contribution is 6.76. The number of benzene rings is 2. The van der Waals surface area contributed by atoms with Gasteiger partial charge in [0, 0.05) is 49.4 Å². The summed E-state index contributed by atoms with van der Waals surface area (Å²) in [5.41, 5.74) is 5.97. The summed E-state index contributed by atoms with van der Waals surface area (Å²) in [4.78, 5) is 32.0. The molecule has 1 amide bonds. The predicted octanol–water partition coefficient (Wildman–Crippen LogP) is 5.53. The van der Waals surface area contributed by atoms with Gasteiger partial charge in [-0.15, -0.1) is 0 Å². The Bertz CT molecular complexity index is 1530. The summed E-state index contributed by atoms with van der Waals surface area (Å²) in [6, 6.07) is 17.0. The van der Waals surface area contributed by atoms with Crippen molar-refractivity contribution in [1.29, 1.82) is 0 Å². The first-order chi connectivity index (χ1) is 18.7. The van der Waals surface area contributed by atoms with E-state index in [0.717, 1.165) is 57.9 Å². The van der Waals surface area contributed by atoms with Crippen LogP contribution in [0.3, 0.4) is 0 Å². The second-order valence-electron chi connectivity index (χ2n) is 11.6. The molecule has 2 aromatic carbocycles. The van der Waals surface area contributed by atoms with Gasteiger partial charge in [0.15, 0.2) is 0 Å². The van der Waals surface area contributed by atoms with E-state index < -0.39 is 19.6 Å². The van der Waals surface area contributed by atoms with Crippen molar-refractivity contribution in [3.8, 4) is 11.3 Å². The minimum Gasteiger partial charge on any atom is -0.465 e. The number of aldehydes is 1. The SMILES string of the molecule is C[Si](C)(C)CCOCn1ccc2c(-c3cccc(C4(CNC(=O)O)Cc5ccc(C=O)cc5C4)c3)ncnc21. The second kappa shape index (κ2) is 10.7. The van der Waals surface area contributed by atoms with E-state index in [9.17, 15) is 14.7 Å².